The highest BCUT2D eigenvalue weighted by molar-refractivity contribution is 9.10. The molecule has 0 N–H and O–H groups in total. The first-order valence-electron chi connectivity index (χ1n) is 8.86. The van der Waals surface area contributed by atoms with Gasteiger partial charge < -0.3 is 13.9 Å². The number of ether oxygens (including phenoxy) is 2. The van der Waals surface area contributed by atoms with Gasteiger partial charge in [0, 0.05) is 16.4 Å². The van der Waals surface area contributed by atoms with Gasteiger partial charge in [-0.2, -0.15) is 0 Å². The van der Waals surface area contributed by atoms with Crippen molar-refractivity contribution in [1.82, 2.24) is 0 Å². The zero-order valence-corrected chi connectivity index (χ0v) is 16.9. The first kappa shape index (κ1) is 20.3. The van der Waals surface area contributed by atoms with Crippen LogP contribution in [0.5, 0.6) is 0 Å². The van der Waals surface area contributed by atoms with Crippen LogP contribution in [0.25, 0.3) is 11.0 Å². The van der Waals surface area contributed by atoms with Crippen LogP contribution in [0.1, 0.15) is 50.6 Å². The smallest absolute Gasteiger partial charge is 0.414 e. The Morgan fingerprint density at radius 2 is 1.85 bits per heavy atom. The number of benzene rings is 1. The molecule has 7 heteroatoms. The number of esters is 1. The minimum Gasteiger partial charge on any atom is -0.460 e. The molecule has 0 aliphatic carbocycles. The van der Waals surface area contributed by atoms with Gasteiger partial charge in [-0.1, -0.05) is 35.7 Å². The molecule has 0 unspecified atom stereocenters. The Kier molecular flexibility index (Phi) is 7.50. The number of unbranched alkanes of at least 4 members (excludes halogenated alkanes) is 2. The molecule has 2 aromatic rings. The second-order valence-corrected chi connectivity index (χ2v) is 6.61. The van der Waals surface area contributed by atoms with E-state index >= 15 is 0 Å². The minimum atomic E-state index is -0.598. The van der Waals surface area contributed by atoms with Crippen LogP contribution in [0.3, 0.4) is 0 Å². The van der Waals surface area contributed by atoms with Crippen molar-refractivity contribution in [2.75, 3.05) is 24.7 Å². The molecule has 0 aliphatic rings. The van der Waals surface area contributed by atoms with Gasteiger partial charge in [-0.15, -0.1) is 0 Å². The molecule has 0 fully saturated rings. The molecule has 0 spiro atoms. The summed E-state index contributed by atoms with van der Waals surface area (Å²) in [6.07, 6.45) is 2.26. The maximum Gasteiger partial charge on any atom is 0.414 e. The van der Waals surface area contributed by atoms with Crippen molar-refractivity contribution in [3.63, 3.8) is 0 Å². The van der Waals surface area contributed by atoms with Gasteiger partial charge in [0.05, 0.1) is 13.2 Å². The Morgan fingerprint density at radius 1 is 1.12 bits per heavy atom. The van der Waals surface area contributed by atoms with Gasteiger partial charge in [0.1, 0.15) is 11.3 Å². The fourth-order valence-electron chi connectivity index (χ4n) is 2.68. The van der Waals surface area contributed by atoms with E-state index in [9.17, 15) is 9.59 Å². The van der Waals surface area contributed by atoms with E-state index < -0.39 is 12.1 Å². The lowest BCUT2D eigenvalue weighted by Crippen LogP contribution is -2.33. The van der Waals surface area contributed by atoms with E-state index in [-0.39, 0.29) is 19.0 Å². The molecule has 142 valence electrons. The SMILES string of the molecule is CCCCCN(C(=O)OCC)c1c(C(=O)OCC)oc2ccc(Br)cc12. The van der Waals surface area contributed by atoms with E-state index in [4.69, 9.17) is 13.9 Å². The summed E-state index contributed by atoms with van der Waals surface area (Å²) in [7, 11) is 0. The number of carbonyl (C=O) groups is 2. The summed E-state index contributed by atoms with van der Waals surface area (Å²) in [5, 5.41) is 0.659. The summed E-state index contributed by atoms with van der Waals surface area (Å²) in [5.74, 6) is -0.580. The van der Waals surface area contributed by atoms with Crippen LogP contribution in [-0.4, -0.2) is 31.8 Å². The number of nitrogens with zero attached hydrogens (tertiary/aromatic N) is 1. The molecule has 0 saturated carbocycles. The third-order valence-corrected chi connectivity index (χ3v) is 4.32. The van der Waals surface area contributed by atoms with Crippen molar-refractivity contribution in [2.45, 2.75) is 40.0 Å². The van der Waals surface area contributed by atoms with Crippen LogP contribution in [-0.2, 0) is 9.47 Å². The number of amides is 1. The molecule has 0 aliphatic heterocycles. The third kappa shape index (κ3) is 4.58. The van der Waals surface area contributed by atoms with E-state index in [2.05, 4.69) is 22.9 Å². The lowest BCUT2D eigenvalue weighted by molar-refractivity contribution is 0.0493. The lowest BCUT2D eigenvalue weighted by atomic mass is 10.2. The number of rotatable bonds is 8. The highest BCUT2D eigenvalue weighted by Crippen LogP contribution is 2.37. The lowest BCUT2D eigenvalue weighted by Gasteiger charge is -2.21. The topological polar surface area (TPSA) is 69.0 Å². The Morgan fingerprint density at radius 3 is 2.50 bits per heavy atom. The number of furan rings is 1. The fourth-order valence-corrected chi connectivity index (χ4v) is 3.04. The zero-order valence-electron chi connectivity index (χ0n) is 15.3. The zero-order chi connectivity index (χ0) is 19.1. The van der Waals surface area contributed by atoms with Gasteiger partial charge in [0.25, 0.3) is 0 Å². The predicted octanol–water partition coefficient (Wildman–Crippen LogP) is 5.53. The average Bonchev–Trinajstić information content (AvgIpc) is 2.97. The van der Waals surface area contributed by atoms with Crippen molar-refractivity contribution in [1.29, 1.82) is 0 Å². The van der Waals surface area contributed by atoms with Crippen LogP contribution in [0.2, 0.25) is 0 Å². The minimum absolute atomic E-state index is 0.0181. The molecule has 1 aromatic carbocycles. The summed E-state index contributed by atoms with van der Waals surface area (Å²) in [5.41, 5.74) is 0.908. The van der Waals surface area contributed by atoms with Gasteiger partial charge in [0.15, 0.2) is 0 Å². The number of anilines is 1. The summed E-state index contributed by atoms with van der Waals surface area (Å²) < 4.78 is 16.9. The Balaban J connectivity index is 2.58. The number of hydrogen-bond acceptors (Lipinski definition) is 5. The maximum atomic E-state index is 12.6. The normalized spacial score (nSPS) is 10.8. The van der Waals surface area contributed by atoms with Crippen molar-refractivity contribution in [2.24, 2.45) is 0 Å². The number of hydrogen-bond donors (Lipinski definition) is 0. The van der Waals surface area contributed by atoms with Gasteiger partial charge in [0.2, 0.25) is 5.76 Å². The summed E-state index contributed by atoms with van der Waals surface area (Å²) in [6.45, 7) is 6.45. The van der Waals surface area contributed by atoms with Crippen molar-refractivity contribution in [3.8, 4) is 0 Å². The van der Waals surface area contributed by atoms with Crippen LogP contribution < -0.4 is 4.90 Å². The monoisotopic (exact) mass is 425 g/mol. The molecule has 1 aromatic heterocycles. The molecule has 0 radical (unpaired) electrons. The molecule has 26 heavy (non-hydrogen) atoms. The molecule has 0 atom stereocenters. The number of fused-ring (bicyclic) bond motifs is 1. The van der Waals surface area contributed by atoms with Gasteiger partial charge in [-0.25, -0.2) is 9.59 Å². The molecule has 0 saturated heterocycles. The van der Waals surface area contributed by atoms with Gasteiger partial charge in [-0.3, -0.25) is 4.90 Å². The van der Waals surface area contributed by atoms with Gasteiger partial charge in [-0.05, 0) is 38.5 Å². The molecule has 1 amide bonds. The predicted molar refractivity (Wildman–Crippen MR) is 104 cm³/mol. The van der Waals surface area contributed by atoms with Crippen molar-refractivity contribution < 1.29 is 23.5 Å². The van der Waals surface area contributed by atoms with Crippen LogP contribution in [0.15, 0.2) is 27.1 Å². The van der Waals surface area contributed by atoms with Crippen LogP contribution >= 0.6 is 15.9 Å². The highest BCUT2D eigenvalue weighted by Gasteiger charge is 2.30. The summed E-state index contributed by atoms with van der Waals surface area (Å²) in [6, 6.07) is 5.39. The number of halogens is 1. The molecule has 2 rings (SSSR count). The first-order valence-corrected chi connectivity index (χ1v) is 9.66. The molecular weight excluding hydrogens is 402 g/mol. The van der Waals surface area contributed by atoms with E-state index in [1.807, 2.05) is 12.1 Å². The largest absolute Gasteiger partial charge is 0.460 e. The van der Waals surface area contributed by atoms with E-state index in [1.54, 1.807) is 19.9 Å². The third-order valence-electron chi connectivity index (χ3n) is 3.83. The Hall–Kier alpha value is -2.02. The molecular formula is C19H24BrNO5. The second-order valence-electron chi connectivity index (χ2n) is 5.70. The van der Waals surface area contributed by atoms with E-state index in [0.29, 0.717) is 23.2 Å². The van der Waals surface area contributed by atoms with E-state index in [0.717, 1.165) is 23.7 Å². The Bertz CT molecular complexity index is 771. The van der Waals surface area contributed by atoms with E-state index in [1.165, 1.54) is 4.90 Å². The quantitative estimate of drug-likeness (QED) is 0.410. The van der Waals surface area contributed by atoms with Gasteiger partial charge >= 0.3 is 12.1 Å². The molecule has 0 bridgehead atoms. The second kappa shape index (κ2) is 9.62. The molecule has 6 nitrogen and oxygen atoms in total. The summed E-state index contributed by atoms with van der Waals surface area (Å²) in [4.78, 5) is 26.5. The summed E-state index contributed by atoms with van der Waals surface area (Å²) >= 11 is 3.43. The standard InChI is InChI=1S/C19H24BrNO5/c1-4-7-8-11-21(19(23)25-6-3)16-14-12-13(20)9-10-15(14)26-17(16)18(22)24-5-2/h9-10,12H,4-8,11H2,1-3H3. The maximum absolute atomic E-state index is 12.6. The highest BCUT2D eigenvalue weighted by atomic mass is 79.9. The van der Waals surface area contributed by atoms with Crippen LogP contribution in [0, 0.1) is 0 Å². The van der Waals surface area contributed by atoms with Crippen molar-refractivity contribution >= 4 is 44.6 Å². The Labute approximate surface area is 161 Å². The fraction of sp³-hybridized carbons (Fsp3) is 0.474. The first-order chi connectivity index (χ1) is 12.5. The number of carbonyl (C=O) groups excluding carboxylic acids is 2. The van der Waals surface area contributed by atoms with Crippen LogP contribution in [0.4, 0.5) is 10.5 Å². The average molecular weight is 426 g/mol. The van der Waals surface area contributed by atoms with Crippen molar-refractivity contribution in [3.05, 3.63) is 28.4 Å². The molecule has 1 heterocycles.